The number of ether oxygens (including phenoxy) is 1. The van der Waals surface area contributed by atoms with Crippen molar-refractivity contribution in [1.29, 1.82) is 0 Å². The monoisotopic (exact) mass is 413 g/mol. The standard InChI is InChI=1S/C18H24INO2/c1-11(2)22-18(21)17-15(12-4-6-13(19)7-5-12)10-14-8-9-16(17)20(14)3/h4-7,11,14-17H,8-10H2,1-3H3/t14?,15?,16-,17?/m1/s1. The number of carbonyl (C=O) groups excluding carboxylic acids is 1. The number of nitrogens with zero attached hydrogens (tertiary/aromatic N) is 1. The van der Waals surface area contributed by atoms with Crippen LogP contribution in [0.25, 0.3) is 0 Å². The molecule has 0 spiro atoms. The molecule has 2 fully saturated rings. The van der Waals surface area contributed by atoms with Crippen molar-refractivity contribution in [2.45, 2.75) is 57.2 Å². The second-order valence-electron chi connectivity index (χ2n) is 6.87. The van der Waals surface area contributed by atoms with E-state index in [4.69, 9.17) is 4.74 Å². The van der Waals surface area contributed by atoms with Gasteiger partial charge in [0.25, 0.3) is 0 Å². The Morgan fingerprint density at radius 1 is 1.27 bits per heavy atom. The van der Waals surface area contributed by atoms with Gasteiger partial charge in [0, 0.05) is 21.6 Å². The summed E-state index contributed by atoms with van der Waals surface area (Å²) in [5.74, 6) is 0.235. The minimum Gasteiger partial charge on any atom is -0.463 e. The van der Waals surface area contributed by atoms with Crippen LogP contribution in [0.3, 0.4) is 0 Å². The fourth-order valence-corrected chi connectivity index (χ4v) is 4.51. The van der Waals surface area contributed by atoms with Gasteiger partial charge < -0.3 is 4.74 Å². The van der Waals surface area contributed by atoms with Crippen LogP contribution in [0.15, 0.2) is 24.3 Å². The lowest BCUT2D eigenvalue weighted by atomic mass is 9.76. The van der Waals surface area contributed by atoms with Gasteiger partial charge in [0.1, 0.15) is 0 Å². The number of piperidine rings is 1. The van der Waals surface area contributed by atoms with Crippen molar-refractivity contribution >= 4 is 28.6 Å². The molecule has 2 aliphatic heterocycles. The van der Waals surface area contributed by atoms with E-state index in [-0.39, 0.29) is 23.9 Å². The number of carbonyl (C=O) groups is 1. The first-order chi connectivity index (χ1) is 10.5. The molecule has 1 aromatic carbocycles. The van der Waals surface area contributed by atoms with Crippen molar-refractivity contribution in [2.75, 3.05) is 7.05 Å². The third-order valence-corrected chi connectivity index (χ3v) is 5.91. The third kappa shape index (κ3) is 3.04. The summed E-state index contributed by atoms with van der Waals surface area (Å²) in [7, 11) is 2.17. The van der Waals surface area contributed by atoms with E-state index in [1.807, 2.05) is 13.8 Å². The summed E-state index contributed by atoms with van der Waals surface area (Å²) in [6.07, 6.45) is 3.33. The van der Waals surface area contributed by atoms with Crippen LogP contribution in [0.4, 0.5) is 0 Å². The second kappa shape index (κ2) is 6.48. The molecular weight excluding hydrogens is 389 g/mol. The van der Waals surface area contributed by atoms with Gasteiger partial charge in [-0.05, 0) is 80.4 Å². The van der Waals surface area contributed by atoms with E-state index in [1.54, 1.807) is 0 Å². The van der Waals surface area contributed by atoms with E-state index in [1.165, 1.54) is 15.6 Å². The zero-order valence-corrected chi connectivity index (χ0v) is 15.6. The Morgan fingerprint density at radius 2 is 1.95 bits per heavy atom. The molecule has 4 atom stereocenters. The number of benzene rings is 1. The Labute approximate surface area is 146 Å². The Bertz CT molecular complexity index is 543. The average Bonchev–Trinajstić information content (AvgIpc) is 2.71. The highest BCUT2D eigenvalue weighted by Crippen LogP contribution is 2.46. The molecule has 1 aromatic rings. The minimum absolute atomic E-state index is 0.0178. The van der Waals surface area contributed by atoms with E-state index in [2.05, 4.69) is 58.8 Å². The third-order valence-electron chi connectivity index (χ3n) is 5.19. The van der Waals surface area contributed by atoms with Gasteiger partial charge in [0.05, 0.1) is 12.0 Å². The molecule has 22 heavy (non-hydrogen) atoms. The molecule has 3 nitrogen and oxygen atoms in total. The summed E-state index contributed by atoms with van der Waals surface area (Å²) in [5, 5.41) is 0. The maximum Gasteiger partial charge on any atom is 0.311 e. The summed E-state index contributed by atoms with van der Waals surface area (Å²) >= 11 is 2.33. The lowest BCUT2D eigenvalue weighted by Gasteiger charge is -2.42. The minimum atomic E-state index is -0.0469. The van der Waals surface area contributed by atoms with E-state index in [0.717, 1.165) is 12.8 Å². The van der Waals surface area contributed by atoms with Crippen LogP contribution in [0.1, 0.15) is 44.6 Å². The van der Waals surface area contributed by atoms with Crippen LogP contribution < -0.4 is 0 Å². The Balaban J connectivity index is 1.91. The van der Waals surface area contributed by atoms with E-state index < -0.39 is 0 Å². The normalized spacial score (nSPS) is 31.5. The highest BCUT2D eigenvalue weighted by molar-refractivity contribution is 14.1. The summed E-state index contributed by atoms with van der Waals surface area (Å²) in [6.45, 7) is 3.86. The highest BCUT2D eigenvalue weighted by atomic mass is 127. The molecule has 0 N–H and O–H groups in total. The molecule has 3 unspecified atom stereocenters. The van der Waals surface area contributed by atoms with Crippen molar-refractivity contribution in [3.63, 3.8) is 0 Å². The molecule has 0 radical (unpaired) electrons. The predicted molar refractivity (Wildman–Crippen MR) is 95.8 cm³/mol. The lowest BCUT2D eigenvalue weighted by molar-refractivity contribution is -0.157. The van der Waals surface area contributed by atoms with E-state index in [0.29, 0.717) is 12.1 Å². The fraction of sp³-hybridized carbons (Fsp3) is 0.611. The summed E-state index contributed by atoms with van der Waals surface area (Å²) < 4.78 is 6.83. The number of halogens is 1. The largest absolute Gasteiger partial charge is 0.463 e. The van der Waals surface area contributed by atoms with Crippen LogP contribution >= 0.6 is 22.6 Å². The Hall–Kier alpha value is -0.620. The number of hydrogen-bond acceptors (Lipinski definition) is 3. The Kier molecular flexibility index (Phi) is 4.78. The maximum absolute atomic E-state index is 12.7. The van der Waals surface area contributed by atoms with Crippen molar-refractivity contribution in [1.82, 2.24) is 4.90 Å². The molecule has 4 heteroatoms. The molecule has 0 saturated carbocycles. The number of fused-ring (bicyclic) bond motifs is 2. The van der Waals surface area contributed by atoms with Gasteiger partial charge in [0.2, 0.25) is 0 Å². The number of esters is 1. The molecule has 2 aliphatic rings. The Morgan fingerprint density at radius 3 is 2.59 bits per heavy atom. The van der Waals surface area contributed by atoms with E-state index in [9.17, 15) is 4.79 Å². The van der Waals surface area contributed by atoms with Gasteiger partial charge in [0.15, 0.2) is 0 Å². The zero-order chi connectivity index (χ0) is 15.9. The molecule has 120 valence electrons. The topological polar surface area (TPSA) is 29.5 Å². The quantitative estimate of drug-likeness (QED) is 0.558. The molecule has 2 heterocycles. The zero-order valence-electron chi connectivity index (χ0n) is 13.5. The summed E-state index contributed by atoms with van der Waals surface area (Å²) in [4.78, 5) is 15.2. The first-order valence-corrected chi connectivity index (χ1v) is 9.23. The van der Waals surface area contributed by atoms with Crippen molar-refractivity contribution in [3.05, 3.63) is 33.4 Å². The first-order valence-electron chi connectivity index (χ1n) is 8.15. The van der Waals surface area contributed by atoms with Crippen molar-refractivity contribution in [2.24, 2.45) is 5.92 Å². The molecule has 0 amide bonds. The summed E-state index contributed by atoms with van der Waals surface area (Å²) in [5.41, 5.74) is 1.29. The molecule has 0 aromatic heterocycles. The van der Waals surface area contributed by atoms with Crippen molar-refractivity contribution < 1.29 is 9.53 Å². The average molecular weight is 413 g/mol. The SMILES string of the molecule is CC(C)OC(=O)C1C(c2ccc(I)cc2)CC2CC[C@H]1N2C. The van der Waals surface area contributed by atoms with Gasteiger partial charge >= 0.3 is 5.97 Å². The van der Waals surface area contributed by atoms with Crippen LogP contribution in [0.2, 0.25) is 0 Å². The van der Waals surface area contributed by atoms with Crippen LogP contribution in [-0.2, 0) is 9.53 Å². The van der Waals surface area contributed by atoms with Crippen LogP contribution in [-0.4, -0.2) is 36.1 Å². The molecule has 2 saturated heterocycles. The highest BCUT2D eigenvalue weighted by Gasteiger charge is 2.49. The smallest absolute Gasteiger partial charge is 0.311 e. The van der Waals surface area contributed by atoms with Gasteiger partial charge in [-0.2, -0.15) is 0 Å². The molecule has 0 aliphatic carbocycles. The lowest BCUT2D eigenvalue weighted by Crippen LogP contribution is -2.49. The van der Waals surface area contributed by atoms with Crippen molar-refractivity contribution in [3.8, 4) is 0 Å². The van der Waals surface area contributed by atoms with E-state index >= 15 is 0 Å². The van der Waals surface area contributed by atoms with Gasteiger partial charge in [-0.25, -0.2) is 0 Å². The van der Waals surface area contributed by atoms with Crippen LogP contribution in [0, 0.1) is 9.49 Å². The van der Waals surface area contributed by atoms with Gasteiger partial charge in [-0.15, -0.1) is 0 Å². The maximum atomic E-state index is 12.7. The van der Waals surface area contributed by atoms with Gasteiger partial charge in [-0.3, -0.25) is 9.69 Å². The number of rotatable bonds is 3. The first kappa shape index (κ1) is 16.2. The summed E-state index contributed by atoms with van der Waals surface area (Å²) in [6, 6.07) is 9.59. The van der Waals surface area contributed by atoms with Crippen LogP contribution in [0.5, 0.6) is 0 Å². The predicted octanol–water partition coefficient (Wildman–Crippen LogP) is 3.81. The van der Waals surface area contributed by atoms with Gasteiger partial charge in [-0.1, -0.05) is 12.1 Å². The fourth-order valence-electron chi connectivity index (χ4n) is 4.15. The number of hydrogen-bond donors (Lipinski definition) is 0. The molecule has 3 rings (SSSR count). The molecule has 2 bridgehead atoms. The molecular formula is C18H24INO2. The second-order valence-corrected chi connectivity index (χ2v) is 8.11.